The number of ether oxygens (including phenoxy) is 1. The predicted octanol–water partition coefficient (Wildman–Crippen LogP) is 6.11. The number of carbonyl (C=O) groups is 2. The maximum Gasteiger partial charge on any atom is 0.230 e. The highest BCUT2D eigenvalue weighted by Gasteiger charge is 2.11. The van der Waals surface area contributed by atoms with Gasteiger partial charge in [-0.2, -0.15) is 0 Å². The first-order valence-electron chi connectivity index (χ1n) is 13.2. The van der Waals surface area contributed by atoms with Crippen molar-refractivity contribution in [2.24, 2.45) is 0 Å². The molecule has 0 spiro atoms. The molecule has 9 nitrogen and oxygen atoms in total. The van der Waals surface area contributed by atoms with Gasteiger partial charge in [0.2, 0.25) is 22.1 Å². The summed E-state index contributed by atoms with van der Waals surface area (Å²) in [7, 11) is 0. The molecule has 5 rings (SSSR count). The lowest BCUT2D eigenvalue weighted by Gasteiger charge is -2.06. The summed E-state index contributed by atoms with van der Waals surface area (Å²) in [5.41, 5.74) is 1.83. The van der Waals surface area contributed by atoms with E-state index in [0.717, 1.165) is 52.6 Å². The van der Waals surface area contributed by atoms with Crippen LogP contribution in [0.2, 0.25) is 0 Å². The molecule has 0 aliphatic rings. The van der Waals surface area contributed by atoms with Crippen LogP contribution < -0.4 is 15.4 Å². The minimum Gasteiger partial charge on any atom is -0.457 e. The molecule has 2 N–H and O–H groups in total. The second-order valence-corrected chi connectivity index (χ2v) is 11.3. The van der Waals surface area contributed by atoms with Crippen molar-refractivity contribution in [3.63, 3.8) is 0 Å². The van der Waals surface area contributed by atoms with Crippen molar-refractivity contribution >= 4 is 44.8 Å². The Labute approximate surface area is 245 Å². The van der Waals surface area contributed by atoms with Crippen LogP contribution in [0.25, 0.3) is 0 Å². The van der Waals surface area contributed by atoms with E-state index in [-0.39, 0.29) is 18.2 Å². The third kappa shape index (κ3) is 9.02. The summed E-state index contributed by atoms with van der Waals surface area (Å²) in [6.07, 6.45) is 3.86. The van der Waals surface area contributed by atoms with Crippen LogP contribution in [-0.2, 0) is 35.3 Å². The van der Waals surface area contributed by atoms with E-state index in [1.54, 1.807) is 0 Å². The number of nitrogens with zero attached hydrogens (tertiary/aromatic N) is 4. The summed E-state index contributed by atoms with van der Waals surface area (Å²) in [6.45, 7) is 0. The van der Waals surface area contributed by atoms with Crippen LogP contribution in [0.3, 0.4) is 0 Å². The summed E-state index contributed by atoms with van der Waals surface area (Å²) in [6, 6.07) is 26.6. The van der Waals surface area contributed by atoms with Crippen molar-refractivity contribution in [2.45, 2.75) is 38.5 Å². The lowest BCUT2D eigenvalue weighted by molar-refractivity contribution is -0.116. The Morgan fingerprint density at radius 2 is 1.05 bits per heavy atom. The molecule has 0 bridgehead atoms. The highest BCUT2D eigenvalue weighted by Crippen LogP contribution is 2.23. The number of hydrogen-bond donors (Lipinski definition) is 2. The Hall–Kier alpha value is -4.48. The van der Waals surface area contributed by atoms with Gasteiger partial charge in [0, 0.05) is 12.8 Å². The topological polar surface area (TPSA) is 119 Å². The van der Waals surface area contributed by atoms with Crippen molar-refractivity contribution in [1.82, 2.24) is 20.4 Å². The molecule has 0 fully saturated rings. The Morgan fingerprint density at radius 1 is 0.585 bits per heavy atom. The lowest BCUT2D eigenvalue weighted by Crippen LogP contribution is -2.14. The third-order valence-electron chi connectivity index (χ3n) is 5.93. The molecule has 0 saturated heterocycles. The molecule has 41 heavy (non-hydrogen) atoms. The molecule has 2 heterocycles. The fourth-order valence-corrected chi connectivity index (χ4v) is 5.55. The van der Waals surface area contributed by atoms with Gasteiger partial charge in [0.05, 0.1) is 12.8 Å². The predicted molar refractivity (Wildman–Crippen MR) is 161 cm³/mol. The number of nitrogens with one attached hydrogen (secondary N) is 2. The average Bonchev–Trinajstić information content (AvgIpc) is 3.62. The molecule has 208 valence electrons. The van der Waals surface area contributed by atoms with E-state index < -0.39 is 0 Å². The number of unbranched alkanes of at least 4 members (excludes halogenated alkanes) is 1. The second-order valence-electron chi connectivity index (χ2n) is 9.20. The average molecular weight is 585 g/mol. The van der Waals surface area contributed by atoms with Crippen molar-refractivity contribution < 1.29 is 14.3 Å². The summed E-state index contributed by atoms with van der Waals surface area (Å²) in [4.78, 5) is 24.7. The number of anilines is 2. The molecule has 5 aromatic rings. The Balaban J connectivity index is 0.994. The highest BCUT2D eigenvalue weighted by atomic mass is 32.1. The first-order valence-corrected chi connectivity index (χ1v) is 14.8. The number of carbonyl (C=O) groups excluding carboxylic acids is 2. The molecular formula is C30H28N6O3S2. The Bertz CT molecular complexity index is 1560. The van der Waals surface area contributed by atoms with Crippen molar-refractivity contribution in [3.05, 3.63) is 106 Å². The number of para-hydroxylation sites is 1. The first kappa shape index (κ1) is 28.1. The number of hydrogen-bond acceptors (Lipinski definition) is 9. The largest absolute Gasteiger partial charge is 0.457 e. The van der Waals surface area contributed by atoms with Crippen molar-refractivity contribution in [2.75, 3.05) is 10.6 Å². The summed E-state index contributed by atoms with van der Waals surface area (Å²) >= 11 is 2.78. The van der Waals surface area contributed by atoms with Gasteiger partial charge in [-0.3, -0.25) is 9.59 Å². The fraction of sp³-hybridized carbons (Fsp3) is 0.200. The van der Waals surface area contributed by atoms with Gasteiger partial charge < -0.3 is 15.4 Å². The summed E-state index contributed by atoms with van der Waals surface area (Å²) < 4.78 is 5.80. The Morgan fingerprint density at radius 3 is 1.59 bits per heavy atom. The zero-order valence-electron chi connectivity index (χ0n) is 22.2. The van der Waals surface area contributed by atoms with Gasteiger partial charge in [0.1, 0.15) is 21.5 Å². The molecule has 0 unspecified atom stereocenters. The van der Waals surface area contributed by atoms with E-state index in [1.165, 1.54) is 22.7 Å². The van der Waals surface area contributed by atoms with E-state index in [0.29, 0.717) is 22.4 Å². The van der Waals surface area contributed by atoms with Crippen LogP contribution in [0.1, 0.15) is 34.0 Å². The van der Waals surface area contributed by atoms with Gasteiger partial charge in [0.15, 0.2) is 0 Å². The number of amides is 2. The van der Waals surface area contributed by atoms with Crippen molar-refractivity contribution in [1.29, 1.82) is 0 Å². The van der Waals surface area contributed by atoms with Crippen LogP contribution in [0.4, 0.5) is 10.3 Å². The number of benzene rings is 3. The second kappa shape index (κ2) is 14.2. The fourth-order valence-electron chi connectivity index (χ4n) is 3.96. The molecule has 0 aliphatic carbocycles. The minimum absolute atomic E-state index is 0.107. The van der Waals surface area contributed by atoms with Crippen LogP contribution in [-0.4, -0.2) is 32.2 Å². The Kier molecular flexibility index (Phi) is 9.75. The van der Waals surface area contributed by atoms with E-state index in [4.69, 9.17) is 4.74 Å². The maximum absolute atomic E-state index is 12.5. The SMILES string of the molecule is O=C(Cc1ccccc1)Nc1nnc(CCCCc2nnc(NC(=O)Cc3ccc(Oc4ccccc4)cc3)s2)s1. The summed E-state index contributed by atoms with van der Waals surface area (Å²) in [5, 5.41) is 25.0. The molecule has 0 saturated carbocycles. The zero-order chi connectivity index (χ0) is 28.3. The van der Waals surface area contributed by atoms with Crippen LogP contribution >= 0.6 is 22.7 Å². The minimum atomic E-state index is -0.146. The van der Waals surface area contributed by atoms with Crippen LogP contribution in [0.5, 0.6) is 11.5 Å². The van der Waals surface area contributed by atoms with E-state index >= 15 is 0 Å². The van der Waals surface area contributed by atoms with Crippen molar-refractivity contribution in [3.8, 4) is 11.5 Å². The molecular weight excluding hydrogens is 557 g/mol. The molecule has 2 aromatic heterocycles. The van der Waals surface area contributed by atoms with Gasteiger partial charge >= 0.3 is 0 Å². The molecule has 11 heteroatoms. The first-order chi connectivity index (χ1) is 20.1. The van der Waals surface area contributed by atoms with Gasteiger partial charge in [-0.1, -0.05) is 83.3 Å². The highest BCUT2D eigenvalue weighted by molar-refractivity contribution is 7.15. The number of aryl methyl sites for hydroxylation is 2. The quantitative estimate of drug-likeness (QED) is 0.160. The normalized spacial score (nSPS) is 10.7. The van der Waals surface area contributed by atoms with Gasteiger partial charge in [-0.05, 0) is 48.2 Å². The standard InChI is InChI=1S/C30H28N6O3S2/c37-25(19-21-9-3-1-4-10-21)31-29-35-33-27(40-29)13-7-8-14-28-34-36-30(41-28)32-26(38)20-22-15-17-24(18-16-22)39-23-11-5-2-6-12-23/h1-6,9-12,15-18H,7-8,13-14,19-20H2,(H,31,35,37)(H,32,36,38). The number of rotatable bonds is 13. The van der Waals surface area contributed by atoms with Gasteiger partial charge in [0.25, 0.3) is 0 Å². The van der Waals surface area contributed by atoms with E-state index in [1.807, 2.05) is 84.9 Å². The molecule has 3 aromatic carbocycles. The molecule has 0 radical (unpaired) electrons. The summed E-state index contributed by atoms with van der Waals surface area (Å²) in [5.74, 6) is 1.22. The molecule has 2 amide bonds. The monoisotopic (exact) mass is 584 g/mol. The van der Waals surface area contributed by atoms with Gasteiger partial charge in [-0.15, -0.1) is 20.4 Å². The van der Waals surface area contributed by atoms with Gasteiger partial charge in [-0.25, -0.2) is 0 Å². The van der Waals surface area contributed by atoms with E-state index in [2.05, 4.69) is 31.0 Å². The number of aromatic nitrogens is 4. The maximum atomic E-state index is 12.5. The van der Waals surface area contributed by atoms with Crippen LogP contribution in [0.15, 0.2) is 84.9 Å². The van der Waals surface area contributed by atoms with E-state index in [9.17, 15) is 9.59 Å². The van der Waals surface area contributed by atoms with Crippen LogP contribution in [0, 0.1) is 0 Å². The third-order valence-corrected chi connectivity index (χ3v) is 7.73. The molecule has 0 aliphatic heterocycles. The smallest absolute Gasteiger partial charge is 0.230 e. The zero-order valence-corrected chi connectivity index (χ0v) is 23.8. The molecule has 0 atom stereocenters. The lowest BCUT2D eigenvalue weighted by atomic mass is 10.1.